The summed E-state index contributed by atoms with van der Waals surface area (Å²) in [6, 6.07) is 35.6. The van der Waals surface area contributed by atoms with Crippen molar-refractivity contribution in [2.24, 2.45) is 0 Å². The third kappa shape index (κ3) is 8.28. The molecule has 0 aromatic heterocycles. The van der Waals surface area contributed by atoms with E-state index in [9.17, 15) is 9.59 Å². The fourth-order valence-corrected chi connectivity index (χ4v) is 5.14. The molecule has 4 aromatic rings. The van der Waals surface area contributed by atoms with Crippen molar-refractivity contribution in [3.63, 3.8) is 0 Å². The molecule has 1 aliphatic heterocycles. The number of hydrogen-bond donors (Lipinski definition) is 2. The SMILES string of the molecule is CN(C(=O)Nc1ccc(Cc2ccccc2)cc1)c1ccc(C(=O)NCCN2CCN(Cc3ccccc3)CC2)cc1. The lowest BCUT2D eigenvalue weighted by atomic mass is 10.0. The van der Waals surface area contributed by atoms with Gasteiger partial charge in [-0.25, -0.2) is 4.79 Å². The lowest BCUT2D eigenvalue weighted by Crippen LogP contribution is -2.48. The van der Waals surface area contributed by atoms with Crippen molar-refractivity contribution < 1.29 is 9.59 Å². The molecule has 3 amide bonds. The molecule has 0 spiro atoms. The van der Waals surface area contributed by atoms with Gasteiger partial charge >= 0.3 is 6.03 Å². The molecule has 1 fully saturated rings. The average Bonchev–Trinajstić information content (AvgIpc) is 3.03. The molecule has 1 saturated heterocycles. The lowest BCUT2D eigenvalue weighted by molar-refractivity contribution is 0.0934. The van der Waals surface area contributed by atoms with E-state index in [0.29, 0.717) is 17.8 Å². The van der Waals surface area contributed by atoms with Gasteiger partial charge < -0.3 is 10.6 Å². The lowest BCUT2D eigenvalue weighted by Gasteiger charge is -2.34. The first kappa shape index (κ1) is 29.0. The molecule has 4 aromatic carbocycles. The summed E-state index contributed by atoms with van der Waals surface area (Å²) in [7, 11) is 1.72. The topological polar surface area (TPSA) is 67.9 Å². The molecule has 0 unspecified atom stereocenters. The van der Waals surface area contributed by atoms with Crippen molar-refractivity contribution in [3.05, 3.63) is 131 Å². The summed E-state index contributed by atoms with van der Waals surface area (Å²) < 4.78 is 0. The first-order valence-corrected chi connectivity index (χ1v) is 14.6. The maximum atomic E-state index is 12.8. The second-order valence-corrected chi connectivity index (χ2v) is 10.8. The zero-order valence-corrected chi connectivity index (χ0v) is 24.2. The van der Waals surface area contributed by atoms with Crippen LogP contribution in [0, 0.1) is 0 Å². The normalized spacial score (nSPS) is 13.8. The zero-order valence-electron chi connectivity index (χ0n) is 24.2. The van der Waals surface area contributed by atoms with Crippen molar-refractivity contribution >= 4 is 23.3 Å². The molecule has 1 heterocycles. The van der Waals surface area contributed by atoms with Gasteiger partial charge in [0.2, 0.25) is 0 Å². The van der Waals surface area contributed by atoms with Crippen LogP contribution in [0.4, 0.5) is 16.2 Å². The Bertz CT molecular complexity index is 1420. The summed E-state index contributed by atoms with van der Waals surface area (Å²) in [5.74, 6) is -0.105. The summed E-state index contributed by atoms with van der Waals surface area (Å²) >= 11 is 0. The predicted octanol–water partition coefficient (Wildman–Crippen LogP) is 5.49. The van der Waals surface area contributed by atoms with E-state index in [1.54, 1.807) is 31.3 Å². The van der Waals surface area contributed by atoms with E-state index in [-0.39, 0.29) is 11.9 Å². The van der Waals surface area contributed by atoms with Gasteiger partial charge in [-0.2, -0.15) is 0 Å². The van der Waals surface area contributed by atoms with E-state index >= 15 is 0 Å². The third-order valence-electron chi connectivity index (χ3n) is 7.71. The number of carbonyl (C=O) groups is 2. The molecule has 2 N–H and O–H groups in total. The van der Waals surface area contributed by atoms with Gasteiger partial charge in [-0.1, -0.05) is 72.8 Å². The molecule has 216 valence electrons. The Labute approximate surface area is 248 Å². The van der Waals surface area contributed by atoms with Crippen LogP contribution in [-0.2, 0) is 13.0 Å². The Balaban J connectivity index is 1.03. The van der Waals surface area contributed by atoms with Gasteiger partial charge in [0.15, 0.2) is 0 Å². The van der Waals surface area contributed by atoms with E-state index in [1.807, 2.05) is 42.5 Å². The van der Waals surface area contributed by atoms with Gasteiger partial charge in [0.25, 0.3) is 5.91 Å². The minimum atomic E-state index is -0.244. The molecule has 7 nitrogen and oxygen atoms in total. The largest absolute Gasteiger partial charge is 0.351 e. The second-order valence-electron chi connectivity index (χ2n) is 10.8. The number of hydrogen-bond acceptors (Lipinski definition) is 4. The highest BCUT2D eigenvalue weighted by Gasteiger charge is 2.17. The highest BCUT2D eigenvalue weighted by Crippen LogP contribution is 2.18. The number of nitrogens with zero attached hydrogens (tertiary/aromatic N) is 3. The summed E-state index contributed by atoms with van der Waals surface area (Å²) in [4.78, 5) is 32.0. The monoisotopic (exact) mass is 561 g/mol. The van der Waals surface area contributed by atoms with E-state index in [4.69, 9.17) is 0 Å². The van der Waals surface area contributed by atoms with Crippen molar-refractivity contribution in [2.45, 2.75) is 13.0 Å². The Kier molecular flexibility index (Phi) is 9.98. The van der Waals surface area contributed by atoms with Crippen LogP contribution in [0.5, 0.6) is 0 Å². The minimum Gasteiger partial charge on any atom is -0.351 e. The van der Waals surface area contributed by atoms with E-state index in [0.717, 1.165) is 51.4 Å². The maximum Gasteiger partial charge on any atom is 0.326 e. The van der Waals surface area contributed by atoms with Crippen molar-refractivity contribution in [2.75, 3.05) is 56.5 Å². The molecule has 0 radical (unpaired) electrons. The fraction of sp³-hybridized carbons (Fsp3) is 0.257. The number of rotatable bonds is 10. The summed E-state index contributed by atoms with van der Waals surface area (Å²) in [6.07, 6.45) is 0.848. The number of carbonyl (C=O) groups excluding carboxylic acids is 2. The van der Waals surface area contributed by atoms with Gasteiger partial charge in [-0.15, -0.1) is 0 Å². The van der Waals surface area contributed by atoms with Crippen LogP contribution in [0.15, 0.2) is 109 Å². The van der Waals surface area contributed by atoms with Crippen LogP contribution >= 0.6 is 0 Å². The van der Waals surface area contributed by atoms with Crippen LogP contribution in [0.3, 0.4) is 0 Å². The van der Waals surface area contributed by atoms with Crippen LogP contribution in [0.25, 0.3) is 0 Å². The van der Waals surface area contributed by atoms with Crippen molar-refractivity contribution in [3.8, 4) is 0 Å². The van der Waals surface area contributed by atoms with Gasteiger partial charge in [0.1, 0.15) is 0 Å². The zero-order chi connectivity index (χ0) is 29.1. The van der Waals surface area contributed by atoms with Gasteiger partial charge in [0.05, 0.1) is 0 Å². The fourth-order valence-electron chi connectivity index (χ4n) is 5.14. The standard InChI is InChI=1S/C35H39N5O2/c1-38(35(42)37-32-16-12-29(13-17-32)26-28-8-4-2-5-9-28)33-18-14-31(15-19-33)34(41)36-20-21-39-22-24-40(25-23-39)27-30-10-6-3-7-11-30/h2-19H,20-27H2,1H3,(H,36,41)(H,37,42). The second kappa shape index (κ2) is 14.4. The molecular weight excluding hydrogens is 522 g/mol. The van der Waals surface area contributed by atoms with Gasteiger partial charge in [-0.3, -0.25) is 19.5 Å². The number of urea groups is 1. The predicted molar refractivity (Wildman–Crippen MR) is 170 cm³/mol. The van der Waals surface area contributed by atoms with Crippen LogP contribution < -0.4 is 15.5 Å². The molecule has 0 atom stereocenters. The number of piperazine rings is 1. The molecule has 0 saturated carbocycles. The van der Waals surface area contributed by atoms with Crippen molar-refractivity contribution in [1.82, 2.24) is 15.1 Å². The number of benzene rings is 4. The maximum absolute atomic E-state index is 12.8. The van der Waals surface area contributed by atoms with Crippen LogP contribution in [-0.4, -0.2) is 68.1 Å². The molecule has 5 rings (SSSR count). The highest BCUT2D eigenvalue weighted by atomic mass is 16.2. The van der Waals surface area contributed by atoms with Crippen LogP contribution in [0.2, 0.25) is 0 Å². The summed E-state index contributed by atoms with van der Waals surface area (Å²) in [5.41, 5.74) is 5.80. The van der Waals surface area contributed by atoms with Crippen LogP contribution in [0.1, 0.15) is 27.0 Å². The van der Waals surface area contributed by atoms with Crippen molar-refractivity contribution in [1.29, 1.82) is 0 Å². The van der Waals surface area contributed by atoms with E-state index in [2.05, 4.69) is 62.9 Å². The number of anilines is 2. The molecule has 42 heavy (non-hydrogen) atoms. The first-order chi connectivity index (χ1) is 20.5. The third-order valence-corrected chi connectivity index (χ3v) is 7.71. The van der Waals surface area contributed by atoms with Gasteiger partial charge in [0, 0.05) is 69.8 Å². The number of nitrogens with one attached hydrogen (secondary N) is 2. The Morgan fingerprint density at radius 3 is 1.90 bits per heavy atom. The molecule has 0 bridgehead atoms. The Morgan fingerprint density at radius 1 is 0.690 bits per heavy atom. The summed E-state index contributed by atoms with van der Waals surface area (Å²) in [5, 5.41) is 5.98. The Hall–Kier alpha value is -4.46. The average molecular weight is 562 g/mol. The highest BCUT2D eigenvalue weighted by molar-refractivity contribution is 6.02. The van der Waals surface area contributed by atoms with E-state index in [1.165, 1.54) is 21.6 Å². The molecular formula is C35H39N5O2. The first-order valence-electron chi connectivity index (χ1n) is 14.6. The molecule has 1 aliphatic rings. The molecule has 7 heteroatoms. The number of amides is 3. The minimum absolute atomic E-state index is 0.105. The molecule has 0 aliphatic carbocycles. The summed E-state index contributed by atoms with van der Waals surface area (Å²) in [6.45, 7) is 6.49. The van der Waals surface area contributed by atoms with E-state index < -0.39 is 0 Å². The smallest absolute Gasteiger partial charge is 0.326 e. The van der Waals surface area contributed by atoms with Gasteiger partial charge in [-0.05, 0) is 59.5 Å². The Morgan fingerprint density at radius 2 is 1.26 bits per heavy atom. The quantitative estimate of drug-likeness (QED) is 0.269.